The quantitative estimate of drug-likeness (QED) is 0.444. The number of carbonyl (C=O) groups excluding carboxylic acids is 1. The highest BCUT2D eigenvalue weighted by Gasteiger charge is 2.38. The second kappa shape index (κ2) is 5.07. The van der Waals surface area contributed by atoms with Gasteiger partial charge in [-0.2, -0.15) is 26.3 Å². The van der Waals surface area contributed by atoms with Crippen LogP contribution in [-0.4, -0.2) is 5.78 Å². The second-order valence-electron chi connectivity index (χ2n) is 3.62. The summed E-state index contributed by atoms with van der Waals surface area (Å²) in [4.78, 5) is 11.4. The van der Waals surface area contributed by atoms with Crippen LogP contribution in [-0.2, 0) is 12.4 Å². The van der Waals surface area contributed by atoms with E-state index in [2.05, 4.69) is 0 Å². The third-order valence-corrected chi connectivity index (χ3v) is 2.24. The van der Waals surface area contributed by atoms with Crippen molar-refractivity contribution >= 4 is 5.78 Å². The van der Waals surface area contributed by atoms with Crippen LogP contribution in [0.25, 0.3) is 0 Å². The van der Waals surface area contributed by atoms with Crippen LogP contribution in [0.4, 0.5) is 26.3 Å². The lowest BCUT2D eigenvalue weighted by atomic mass is 9.99. The van der Waals surface area contributed by atoms with Crippen LogP contribution in [0.2, 0.25) is 0 Å². The Morgan fingerprint density at radius 1 is 1.05 bits per heavy atom. The number of halogens is 6. The van der Waals surface area contributed by atoms with E-state index in [0.717, 1.165) is 6.08 Å². The van der Waals surface area contributed by atoms with Gasteiger partial charge in [0.2, 0.25) is 0 Å². The number of rotatable bonds is 2. The first-order valence-electron chi connectivity index (χ1n) is 5.03. The zero-order valence-electron chi connectivity index (χ0n) is 9.56. The predicted molar refractivity (Wildman–Crippen MR) is 55.6 cm³/mol. The normalized spacial score (nSPS) is 13.0. The van der Waals surface area contributed by atoms with Crippen molar-refractivity contribution in [2.75, 3.05) is 0 Å². The first kappa shape index (κ1) is 15.3. The van der Waals surface area contributed by atoms with Gasteiger partial charge in [-0.3, -0.25) is 4.79 Å². The van der Waals surface area contributed by atoms with E-state index >= 15 is 0 Å². The highest BCUT2D eigenvalue weighted by atomic mass is 19.4. The molecule has 19 heavy (non-hydrogen) atoms. The lowest BCUT2D eigenvalue weighted by Crippen LogP contribution is -2.15. The molecular weight excluding hydrogens is 274 g/mol. The van der Waals surface area contributed by atoms with Crippen LogP contribution in [0.1, 0.15) is 28.4 Å². The molecule has 0 N–H and O–H groups in total. The van der Waals surface area contributed by atoms with Gasteiger partial charge in [-0.15, -0.1) is 0 Å². The van der Waals surface area contributed by atoms with E-state index in [1.807, 2.05) is 0 Å². The van der Waals surface area contributed by atoms with Crippen molar-refractivity contribution < 1.29 is 31.1 Å². The minimum Gasteiger partial charge on any atom is -0.289 e. The molecule has 0 unspecified atom stereocenters. The average Bonchev–Trinajstić information content (AvgIpc) is 2.26. The van der Waals surface area contributed by atoms with Gasteiger partial charge in [0, 0.05) is 5.56 Å². The van der Waals surface area contributed by atoms with Crippen molar-refractivity contribution in [3.8, 4) is 0 Å². The Hall–Kier alpha value is -1.79. The fraction of sp³-hybridized carbons (Fsp3) is 0.250. The number of carbonyl (C=O) groups is 1. The van der Waals surface area contributed by atoms with Crippen molar-refractivity contribution in [1.82, 2.24) is 0 Å². The smallest absolute Gasteiger partial charge is 0.289 e. The van der Waals surface area contributed by atoms with E-state index in [1.54, 1.807) is 0 Å². The standard InChI is InChI=1S/C12H8F6O/c1-2-3-10(19)8-5-4-7(11(13,14)15)6-9(8)12(16,17)18/h2-6H,1H3/b3-2+. The van der Waals surface area contributed by atoms with E-state index in [1.165, 1.54) is 13.0 Å². The van der Waals surface area contributed by atoms with E-state index in [4.69, 9.17) is 0 Å². The minimum absolute atomic E-state index is 0.0588. The topological polar surface area (TPSA) is 17.1 Å². The second-order valence-corrected chi connectivity index (χ2v) is 3.62. The van der Waals surface area contributed by atoms with Gasteiger partial charge in [-0.05, 0) is 31.2 Å². The maximum atomic E-state index is 12.7. The Kier molecular flexibility index (Phi) is 4.07. The molecule has 0 bridgehead atoms. The van der Waals surface area contributed by atoms with Gasteiger partial charge in [-0.25, -0.2) is 0 Å². The van der Waals surface area contributed by atoms with E-state index in [0.29, 0.717) is 12.1 Å². The fourth-order valence-electron chi connectivity index (χ4n) is 1.41. The van der Waals surface area contributed by atoms with E-state index in [-0.39, 0.29) is 6.07 Å². The summed E-state index contributed by atoms with van der Waals surface area (Å²) < 4.78 is 75.1. The van der Waals surface area contributed by atoms with Gasteiger partial charge < -0.3 is 0 Å². The van der Waals surface area contributed by atoms with Crippen LogP contribution in [0.15, 0.2) is 30.4 Å². The maximum Gasteiger partial charge on any atom is 0.417 e. The van der Waals surface area contributed by atoms with Gasteiger partial charge in [0.1, 0.15) is 0 Å². The molecule has 0 heterocycles. The SMILES string of the molecule is C/C=C/C(=O)c1ccc(C(F)(F)F)cc1C(F)(F)F. The van der Waals surface area contributed by atoms with E-state index < -0.39 is 34.8 Å². The Morgan fingerprint density at radius 2 is 1.63 bits per heavy atom. The van der Waals surface area contributed by atoms with E-state index in [9.17, 15) is 31.1 Å². The Balaban J connectivity index is 3.46. The molecule has 7 heteroatoms. The number of hydrogen-bond acceptors (Lipinski definition) is 1. The van der Waals surface area contributed by atoms with Gasteiger partial charge in [0.15, 0.2) is 5.78 Å². The van der Waals surface area contributed by atoms with Gasteiger partial charge >= 0.3 is 12.4 Å². The highest BCUT2D eigenvalue weighted by Crippen LogP contribution is 2.37. The third kappa shape index (κ3) is 3.59. The number of benzene rings is 1. The highest BCUT2D eigenvalue weighted by molar-refractivity contribution is 6.05. The molecule has 0 saturated heterocycles. The van der Waals surface area contributed by atoms with Crippen molar-refractivity contribution in [3.05, 3.63) is 47.0 Å². The minimum atomic E-state index is -5.03. The first-order chi connectivity index (χ1) is 8.57. The molecule has 0 aliphatic heterocycles. The van der Waals surface area contributed by atoms with Crippen LogP contribution in [0.5, 0.6) is 0 Å². The fourth-order valence-corrected chi connectivity index (χ4v) is 1.41. The van der Waals surface area contributed by atoms with Crippen molar-refractivity contribution in [2.24, 2.45) is 0 Å². The lowest BCUT2D eigenvalue weighted by molar-refractivity contribution is -0.143. The monoisotopic (exact) mass is 282 g/mol. The zero-order valence-corrected chi connectivity index (χ0v) is 9.56. The van der Waals surface area contributed by atoms with Crippen LogP contribution in [0.3, 0.4) is 0 Å². The molecule has 1 rings (SSSR count). The predicted octanol–water partition coefficient (Wildman–Crippen LogP) is 4.48. The number of allylic oxidation sites excluding steroid dienone is 2. The van der Waals surface area contributed by atoms with Gasteiger partial charge in [-0.1, -0.05) is 6.08 Å². The number of ketones is 1. The summed E-state index contributed by atoms with van der Waals surface area (Å²) in [7, 11) is 0. The Bertz CT molecular complexity index is 510. The summed E-state index contributed by atoms with van der Waals surface area (Å²) in [5.41, 5.74) is -3.85. The molecular formula is C12H8F6O. The zero-order chi connectivity index (χ0) is 14.8. The summed E-state index contributed by atoms with van der Waals surface area (Å²) in [5.74, 6) is -0.997. The van der Waals surface area contributed by atoms with Crippen LogP contribution >= 0.6 is 0 Å². The molecule has 104 valence electrons. The molecule has 0 atom stereocenters. The van der Waals surface area contributed by atoms with Crippen molar-refractivity contribution in [1.29, 1.82) is 0 Å². The molecule has 0 spiro atoms. The van der Waals surface area contributed by atoms with Crippen molar-refractivity contribution in [2.45, 2.75) is 19.3 Å². The maximum absolute atomic E-state index is 12.7. The third-order valence-electron chi connectivity index (χ3n) is 2.24. The largest absolute Gasteiger partial charge is 0.417 e. The first-order valence-corrected chi connectivity index (χ1v) is 5.03. The molecule has 0 fully saturated rings. The van der Waals surface area contributed by atoms with Crippen LogP contribution < -0.4 is 0 Å². The summed E-state index contributed by atoms with van der Waals surface area (Å²) >= 11 is 0. The van der Waals surface area contributed by atoms with Crippen molar-refractivity contribution in [3.63, 3.8) is 0 Å². The molecule has 0 amide bonds. The van der Waals surface area contributed by atoms with Gasteiger partial charge in [0.05, 0.1) is 11.1 Å². The Labute approximate surface area is 104 Å². The summed E-state index contributed by atoms with van der Waals surface area (Å²) in [5, 5.41) is 0. The van der Waals surface area contributed by atoms with Gasteiger partial charge in [0.25, 0.3) is 0 Å². The Morgan fingerprint density at radius 3 is 2.05 bits per heavy atom. The molecule has 0 aliphatic rings. The number of alkyl halides is 6. The molecule has 0 aliphatic carbocycles. The number of hydrogen-bond donors (Lipinski definition) is 0. The molecule has 0 aromatic heterocycles. The van der Waals surface area contributed by atoms with Crippen LogP contribution in [0, 0.1) is 0 Å². The molecule has 1 nitrogen and oxygen atoms in total. The lowest BCUT2D eigenvalue weighted by Gasteiger charge is -2.14. The molecule has 1 aromatic rings. The molecule has 0 radical (unpaired) electrons. The summed E-state index contributed by atoms with van der Waals surface area (Å²) in [6.45, 7) is 1.41. The average molecular weight is 282 g/mol. The molecule has 0 saturated carbocycles. The summed E-state index contributed by atoms with van der Waals surface area (Å²) in [6.07, 6.45) is -7.87. The summed E-state index contributed by atoms with van der Waals surface area (Å²) in [6, 6.07) is 0.927. The molecule has 1 aromatic carbocycles.